The van der Waals surface area contributed by atoms with Gasteiger partial charge in [0, 0.05) is 12.7 Å². The summed E-state index contributed by atoms with van der Waals surface area (Å²) in [5, 5.41) is 5.37. The minimum atomic E-state index is -4.28. The highest BCUT2D eigenvalue weighted by Crippen LogP contribution is 2.34. The number of anilines is 2. The van der Waals surface area contributed by atoms with Crippen LogP contribution in [0.2, 0.25) is 9.36 Å². The number of aromatic amines is 1. The predicted molar refractivity (Wildman–Crippen MR) is 136 cm³/mol. The smallest absolute Gasteiger partial charge is 0.335 e. The van der Waals surface area contributed by atoms with E-state index in [1.54, 1.807) is 23.9 Å². The van der Waals surface area contributed by atoms with E-state index in [2.05, 4.69) is 25.6 Å². The summed E-state index contributed by atoms with van der Waals surface area (Å²) in [6.45, 7) is 0. The van der Waals surface area contributed by atoms with Gasteiger partial charge in [0.15, 0.2) is 0 Å². The Hall–Kier alpha value is -3.66. The second-order valence-electron chi connectivity index (χ2n) is 6.92. The first-order chi connectivity index (χ1) is 17.0. The molecule has 4 N–H and O–H groups in total. The van der Waals surface area contributed by atoms with Crippen LogP contribution in [0, 0.1) is 0 Å². The second-order valence-corrected chi connectivity index (χ2v) is 10.9. The Bertz CT molecular complexity index is 1710. The van der Waals surface area contributed by atoms with E-state index in [1.165, 1.54) is 13.2 Å². The quantitative estimate of drug-likeness (QED) is 0.270. The van der Waals surface area contributed by atoms with Gasteiger partial charge in [-0.2, -0.15) is 9.55 Å². The van der Waals surface area contributed by atoms with Crippen LogP contribution in [0.4, 0.5) is 16.2 Å². The molecule has 0 spiro atoms. The lowest BCUT2D eigenvalue weighted by Gasteiger charge is -2.12. The van der Waals surface area contributed by atoms with E-state index in [1.807, 2.05) is 0 Å². The Morgan fingerprint density at radius 1 is 1.22 bits per heavy atom. The van der Waals surface area contributed by atoms with Gasteiger partial charge in [0.25, 0.3) is 15.6 Å². The zero-order valence-corrected chi connectivity index (χ0v) is 21.4. The Labute approximate surface area is 216 Å². The zero-order chi connectivity index (χ0) is 26.2. The molecule has 0 saturated heterocycles. The maximum Gasteiger partial charge on any atom is 0.335 e. The molecule has 4 rings (SSSR count). The Morgan fingerprint density at radius 3 is 2.61 bits per heavy atom. The second kappa shape index (κ2) is 9.77. The van der Waals surface area contributed by atoms with E-state index >= 15 is 0 Å². The van der Waals surface area contributed by atoms with Gasteiger partial charge in [0.05, 0.1) is 29.2 Å². The maximum atomic E-state index is 13.0. The number of methoxy groups -OCH3 is 1. The van der Waals surface area contributed by atoms with E-state index in [0.29, 0.717) is 27.1 Å². The molecule has 0 aliphatic heterocycles. The van der Waals surface area contributed by atoms with Gasteiger partial charge >= 0.3 is 11.7 Å². The van der Waals surface area contributed by atoms with Gasteiger partial charge in [-0.1, -0.05) is 23.2 Å². The van der Waals surface area contributed by atoms with Crippen molar-refractivity contribution in [2.24, 2.45) is 0 Å². The van der Waals surface area contributed by atoms with E-state index in [9.17, 15) is 22.8 Å². The van der Waals surface area contributed by atoms with Crippen molar-refractivity contribution in [3.8, 4) is 11.8 Å². The number of fused-ring (bicyclic) bond motifs is 1. The molecular formula is C19H15Cl2N7O6S2. The van der Waals surface area contributed by atoms with Crippen molar-refractivity contribution in [3.63, 3.8) is 0 Å². The Balaban J connectivity index is 1.64. The lowest BCUT2D eigenvalue weighted by molar-refractivity contribution is 0.256. The van der Waals surface area contributed by atoms with Gasteiger partial charge in [0.1, 0.15) is 14.2 Å². The number of H-pyrrole nitrogens is 1. The number of thiophene rings is 1. The van der Waals surface area contributed by atoms with Crippen LogP contribution in [0.5, 0.6) is 5.88 Å². The summed E-state index contributed by atoms with van der Waals surface area (Å²) in [5.41, 5.74) is -0.629. The summed E-state index contributed by atoms with van der Waals surface area (Å²) in [6.07, 6.45) is 1.05. The molecule has 0 bridgehead atoms. The van der Waals surface area contributed by atoms with Crippen LogP contribution in [0.15, 0.2) is 44.3 Å². The van der Waals surface area contributed by atoms with Crippen LogP contribution in [0.3, 0.4) is 0 Å². The summed E-state index contributed by atoms with van der Waals surface area (Å²) in [4.78, 5) is 48.5. The monoisotopic (exact) mass is 571 g/mol. The Morgan fingerprint density at radius 2 is 1.97 bits per heavy atom. The van der Waals surface area contributed by atoms with Crippen molar-refractivity contribution < 1.29 is 17.9 Å². The van der Waals surface area contributed by atoms with Crippen molar-refractivity contribution in [1.82, 2.24) is 24.2 Å². The summed E-state index contributed by atoms with van der Waals surface area (Å²) >= 11 is 12.2. The summed E-state index contributed by atoms with van der Waals surface area (Å²) < 4.78 is 32.2. The van der Waals surface area contributed by atoms with Gasteiger partial charge in [-0.25, -0.2) is 27.7 Å². The number of amides is 2. The zero-order valence-electron chi connectivity index (χ0n) is 18.3. The van der Waals surface area contributed by atoms with E-state index in [-0.39, 0.29) is 36.5 Å². The number of halogens is 2. The molecule has 0 aliphatic rings. The van der Waals surface area contributed by atoms with Crippen LogP contribution in [-0.4, -0.2) is 48.1 Å². The number of nitrogens with one attached hydrogen (secondary N) is 4. The summed E-state index contributed by atoms with van der Waals surface area (Å²) in [6, 6.07) is 4.72. The van der Waals surface area contributed by atoms with Gasteiger partial charge in [-0.3, -0.25) is 4.79 Å². The predicted octanol–water partition coefficient (Wildman–Crippen LogP) is 2.40. The fourth-order valence-electron chi connectivity index (χ4n) is 3.04. The van der Waals surface area contributed by atoms with Crippen LogP contribution >= 0.6 is 34.5 Å². The molecule has 1 aromatic carbocycles. The molecule has 0 aliphatic carbocycles. The molecule has 36 heavy (non-hydrogen) atoms. The Kier molecular flexibility index (Phi) is 6.90. The highest BCUT2D eigenvalue weighted by atomic mass is 35.5. The number of hydrogen-bond donors (Lipinski definition) is 4. The van der Waals surface area contributed by atoms with E-state index in [0.717, 1.165) is 12.3 Å². The lowest BCUT2D eigenvalue weighted by Crippen LogP contribution is -2.35. The number of aromatic nitrogens is 4. The SMILES string of the molecule is CNc1ccc2c(=O)n(-c3ncc(NC(=O)NS(=O)(=O)c4cc(Cl)c(Cl)s4)c(OC)n3)c(=O)[nH]c2c1. The summed E-state index contributed by atoms with van der Waals surface area (Å²) in [7, 11) is -1.37. The number of benzene rings is 1. The first kappa shape index (κ1) is 25.4. The van der Waals surface area contributed by atoms with Crippen molar-refractivity contribution in [1.29, 1.82) is 0 Å². The third-order valence-corrected chi connectivity index (χ3v) is 8.35. The first-order valence-electron chi connectivity index (χ1n) is 9.71. The minimum absolute atomic E-state index is 0.0227. The van der Waals surface area contributed by atoms with Crippen molar-refractivity contribution >= 4 is 72.9 Å². The van der Waals surface area contributed by atoms with E-state index < -0.39 is 27.3 Å². The third-order valence-electron chi connectivity index (χ3n) is 4.68. The van der Waals surface area contributed by atoms with Crippen molar-refractivity contribution in [2.75, 3.05) is 24.8 Å². The molecule has 3 aromatic heterocycles. The molecule has 188 valence electrons. The highest BCUT2D eigenvalue weighted by Gasteiger charge is 2.23. The molecule has 17 heteroatoms. The highest BCUT2D eigenvalue weighted by molar-refractivity contribution is 7.92. The molecular weight excluding hydrogens is 557 g/mol. The largest absolute Gasteiger partial charge is 0.479 e. The van der Waals surface area contributed by atoms with Gasteiger partial charge in [0.2, 0.25) is 11.8 Å². The van der Waals surface area contributed by atoms with Crippen molar-refractivity contribution in [3.05, 3.63) is 60.7 Å². The average molecular weight is 572 g/mol. The standard InChI is InChI=1S/C19H15Cl2N7O6S2/c1-22-8-3-4-9-11(5-8)25-19(31)28(16(9)29)17-23-7-12(15(26-17)34-2)24-18(30)27-36(32,33)13-6-10(20)14(21)35-13/h3-7,22H,1-2H3,(H,25,31)(H2,24,27,30). The third kappa shape index (κ3) is 4.86. The molecule has 2 amide bonds. The topological polar surface area (TPSA) is 177 Å². The number of hydrogen-bond acceptors (Lipinski definition) is 10. The molecule has 0 saturated carbocycles. The fourth-order valence-corrected chi connectivity index (χ4v) is 5.83. The van der Waals surface area contributed by atoms with Gasteiger partial charge in [-0.15, -0.1) is 11.3 Å². The molecule has 3 heterocycles. The molecule has 0 radical (unpaired) electrons. The number of sulfonamides is 1. The van der Waals surface area contributed by atoms with Gasteiger partial charge < -0.3 is 20.4 Å². The molecule has 4 aromatic rings. The van der Waals surface area contributed by atoms with E-state index in [4.69, 9.17) is 27.9 Å². The molecule has 0 fully saturated rings. The van der Waals surface area contributed by atoms with Crippen LogP contribution in [-0.2, 0) is 10.0 Å². The van der Waals surface area contributed by atoms with Crippen LogP contribution in [0.1, 0.15) is 0 Å². The normalized spacial score (nSPS) is 11.3. The molecule has 0 unspecified atom stereocenters. The molecule has 13 nitrogen and oxygen atoms in total. The number of rotatable bonds is 6. The number of ether oxygens (including phenoxy) is 1. The van der Waals surface area contributed by atoms with Crippen molar-refractivity contribution in [2.45, 2.75) is 4.21 Å². The maximum absolute atomic E-state index is 13.0. The summed E-state index contributed by atoms with van der Waals surface area (Å²) in [5.74, 6) is -0.578. The van der Waals surface area contributed by atoms with Crippen LogP contribution in [0.25, 0.3) is 16.9 Å². The molecule has 0 atom stereocenters. The van der Waals surface area contributed by atoms with Gasteiger partial charge in [-0.05, 0) is 24.3 Å². The number of nitrogens with zero attached hydrogens (tertiary/aromatic N) is 3. The number of urea groups is 1. The number of carbonyl (C=O) groups excluding carboxylic acids is 1. The van der Waals surface area contributed by atoms with Crippen LogP contribution < -0.4 is 31.3 Å². The fraction of sp³-hybridized carbons (Fsp3) is 0.105. The minimum Gasteiger partial charge on any atom is -0.479 e. The first-order valence-corrected chi connectivity index (χ1v) is 12.8. The lowest BCUT2D eigenvalue weighted by atomic mass is 10.2. The average Bonchev–Trinajstić information content (AvgIpc) is 3.18. The number of carbonyl (C=O) groups is 1.